The van der Waals surface area contributed by atoms with Crippen molar-refractivity contribution >= 4 is 41.0 Å². The molecule has 3 aromatic carbocycles. The van der Waals surface area contributed by atoms with E-state index in [-0.39, 0.29) is 28.5 Å². The van der Waals surface area contributed by atoms with Gasteiger partial charge >= 0.3 is 11.9 Å². The highest BCUT2D eigenvalue weighted by Gasteiger charge is 2.44. The number of benzene rings is 3. The molecule has 0 saturated carbocycles. The molecule has 224 valence electrons. The number of esters is 2. The average molecular weight is 621 g/mol. The highest BCUT2D eigenvalue weighted by molar-refractivity contribution is 6.42. The van der Waals surface area contributed by atoms with Gasteiger partial charge in [0, 0.05) is 17.9 Å². The maximum absolute atomic E-state index is 13.6. The van der Waals surface area contributed by atoms with Gasteiger partial charge in [-0.15, -0.1) is 0 Å². The molecule has 0 aromatic heterocycles. The summed E-state index contributed by atoms with van der Waals surface area (Å²) in [6, 6.07) is 26.4. The third-order valence-electron chi connectivity index (χ3n) is 8.64. The van der Waals surface area contributed by atoms with Gasteiger partial charge in [-0.2, -0.15) is 0 Å². The second-order valence-electron chi connectivity index (χ2n) is 10.9. The molecule has 2 heterocycles. The third kappa shape index (κ3) is 6.21. The van der Waals surface area contributed by atoms with Crippen molar-refractivity contribution in [2.75, 3.05) is 33.4 Å². The number of likely N-dealkylation sites (tertiary alicyclic amines) is 1. The first kappa shape index (κ1) is 30.8. The number of hydrogen-bond acceptors (Lipinski definition) is 7. The number of allylic oxidation sites excluding steroid dienone is 1. The summed E-state index contributed by atoms with van der Waals surface area (Å²) in [6.45, 7) is 4.13. The molecule has 2 N–H and O–H groups in total. The molecular formula is C34H35Cl2N3O4. The molecular weight excluding hydrogens is 585 g/mol. The van der Waals surface area contributed by atoms with Crippen LogP contribution in [0.4, 0.5) is 0 Å². The van der Waals surface area contributed by atoms with Gasteiger partial charge in [-0.3, -0.25) is 9.69 Å². The lowest BCUT2D eigenvalue weighted by molar-refractivity contribution is -0.144. The van der Waals surface area contributed by atoms with E-state index in [4.69, 9.17) is 38.4 Å². The predicted molar refractivity (Wildman–Crippen MR) is 169 cm³/mol. The molecule has 2 atom stereocenters. The number of ether oxygens (including phenoxy) is 2. The number of carbonyl (C=O) groups excluding carboxylic acids is 2. The lowest BCUT2D eigenvalue weighted by Crippen LogP contribution is -2.44. The third-order valence-corrected chi connectivity index (χ3v) is 9.48. The normalized spacial score (nSPS) is 20.3. The van der Waals surface area contributed by atoms with E-state index in [1.54, 1.807) is 25.1 Å². The monoisotopic (exact) mass is 619 g/mol. The topological polar surface area (TPSA) is 94.2 Å². The summed E-state index contributed by atoms with van der Waals surface area (Å²) >= 11 is 12.9. The number of nitrogens with two attached hydrogens (primary N) is 1. The number of carbonyl (C=O) groups is 2. The van der Waals surface area contributed by atoms with Crippen molar-refractivity contribution in [1.29, 1.82) is 0 Å². The van der Waals surface area contributed by atoms with Gasteiger partial charge < -0.3 is 15.2 Å². The van der Waals surface area contributed by atoms with Crippen LogP contribution in [-0.4, -0.2) is 56.0 Å². The Hall–Kier alpha value is -3.65. The summed E-state index contributed by atoms with van der Waals surface area (Å²) in [5, 5.41) is 0.519. The average Bonchev–Trinajstić information content (AvgIpc) is 3.03. The van der Waals surface area contributed by atoms with E-state index >= 15 is 0 Å². The Kier molecular flexibility index (Phi) is 9.55. The summed E-state index contributed by atoms with van der Waals surface area (Å²) in [5.74, 6) is -3.10. The van der Waals surface area contributed by atoms with Crippen LogP contribution < -0.4 is 5.73 Å². The highest BCUT2D eigenvalue weighted by atomic mass is 35.5. The first-order valence-corrected chi connectivity index (χ1v) is 15.1. The molecule has 0 aliphatic carbocycles. The van der Waals surface area contributed by atoms with E-state index in [0.717, 1.165) is 25.9 Å². The van der Waals surface area contributed by atoms with Crippen LogP contribution in [0.1, 0.15) is 42.4 Å². The first-order valence-electron chi connectivity index (χ1n) is 14.3. The molecule has 1 unspecified atom stereocenters. The van der Waals surface area contributed by atoms with Crippen molar-refractivity contribution < 1.29 is 19.1 Å². The van der Waals surface area contributed by atoms with Gasteiger partial charge in [0.25, 0.3) is 0 Å². The Bertz CT molecular complexity index is 1490. The number of amidine groups is 1. The quantitative estimate of drug-likeness (QED) is 0.305. The van der Waals surface area contributed by atoms with E-state index in [1.807, 2.05) is 12.1 Å². The van der Waals surface area contributed by atoms with E-state index in [9.17, 15) is 9.59 Å². The van der Waals surface area contributed by atoms with Crippen molar-refractivity contribution in [3.63, 3.8) is 0 Å². The van der Waals surface area contributed by atoms with Crippen LogP contribution in [-0.2, 0) is 24.5 Å². The van der Waals surface area contributed by atoms with E-state index in [2.05, 4.69) is 58.4 Å². The molecule has 9 heteroatoms. The fourth-order valence-corrected chi connectivity index (χ4v) is 6.83. The minimum absolute atomic E-state index is 0.0376. The first-order chi connectivity index (χ1) is 20.8. The van der Waals surface area contributed by atoms with E-state index in [1.165, 1.54) is 18.2 Å². The Balaban J connectivity index is 1.31. The SMILES string of the molecule is COC(=O)C1C(N)=NC(C)=C(C(=O)OCCN2CCC(c3ccccc3)(c3ccccc3)CC2)[C@H]1c1cccc(Cl)c1Cl. The van der Waals surface area contributed by atoms with Crippen molar-refractivity contribution in [1.82, 2.24) is 4.90 Å². The van der Waals surface area contributed by atoms with Gasteiger partial charge in [0.15, 0.2) is 0 Å². The Morgan fingerprint density at radius 1 is 0.953 bits per heavy atom. The number of halogens is 2. The number of methoxy groups -OCH3 is 1. The summed E-state index contributed by atoms with van der Waals surface area (Å²) < 4.78 is 10.8. The Labute approximate surface area is 262 Å². The maximum Gasteiger partial charge on any atom is 0.336 e. The lowest BCUT2D eigenvalue weighted by Gasteiger charge is -2.43. The molecule has 2 aliphatic heterocycles. The van der Waals surface area contributed by atoms with E-state index in [0.29, 0.717) is 22.8 Å². The molecule has 1 fully saturated rings. The molecule has 7 nitrogen and oxygen atoms in total. The fraction of sp³-hybridized carbons (Fsp3) is 0.324. The molecule has 0 spiro atoms. The zero-order valence-corrected chi connectivity index (χ0v) is 25.8. The van der Waals surface area contributed by atoms with Crippen molar-refractivity contribution in [3.8, 4) is 0 Å². The van der Waals surface area contributed by atoms with Crippen LogP contribution in [0, 0.1) is 5.92 Å². The largest absolute Gasteiger partial charge is 0.468 e. The fourth-order valence-electron chi connectivity index (χ4n) is 6.40. The summed E-state index contributed by atoms with van der Waals surface area (Å²) in [7, 11) is 1.26. The second-order valence-corrected chi connectivity index (χ2v) is 11.7. The molecule has 5 rings (SSSR count). The van der Waals surface area contributed by atoms with Gasteiger partial charge in [0.2, 0.25) is 0 Å². The van der Waals surface area contributed by atoms with E-state index < -0.39 is 23.8 Å². The van der Waals surface area contributed by atoms with Crippen LogP contribution >= 0.6 is 23.2 Å². The number of piperidine rings is 1. The minimum Gasteiger partial charge on any atom is -0.468 e. The number of rotatable bonds is 8. The van der Waals surface area contributed by atoms with Gasteiger partial charge in [-0.25, -0.2) is 9.79 Å². The predicted octanol–water partition coefficient (Wildman–Crippen LogP) is 6.14. The molecule has 3 aromatic rings. The number of aliphatic imine (C=N–C) groups is 1. The molecule has 2 aliphatic rings. The molecule has 0 amide bonds. The van der Waals surface area contributed by atoms with Gasteiger partial charge in [0.1, 0.15) is 18.4 Å². The van der Waals surface area contributed by atoms with Gasteiger partial charge in [-0.05, 0) is 55.6 Å². The number of hydrogen-bond donors (Lipinski definition) is 1. The molecule has 1 saturated heterocycles. The van der Waals surface area contributed by atoms with Crippen LogP contribution in [0.5, 0.6) is 0 Å². The smallest absolute Gasteiger partial charge is 0.336 e. The van der Waals surface area contributed by atoms with Gasteiger partial charge in [-0.1, -0.05) is 96.0 Å². The second kappa shape index (κ2) is 13.3. The number of nitrogens with zero attached hydrogens (tertiary/aromatic N) is 2. The summed E-state index contributed by atoms with van der Waals surface area (Å²) in [5.41, 5.74) is 9.82. The van der Waals surface area contributed by atoms with Crippen LogP contribution in [0.3, 0.4) is 0 Å². The van der Waals surface area contributed by atoms with Crippen molar-refractivity contribution in [2.24, 2.45) is 16.6 Å². The Morgan fingerprint density at radius 2 is 1.56 bits per heavy atom. The van der Waals surface area contributed by atoms with Crippen LogP contribution in [0.15, 0.2) is 95.1 Å². The summed E-state index contributed by atoms with van der Waals surface area (Å²) in [4.78, 5) is 33.1. The van der Waals surface area contributed by atoms with Crippen molar-refractivity contribution in [2.45, 2.75) is 31.1 Å². The standard InChI is InChI=1S/C34H35Cl2N3O4/c1-22-27(28(25-14-9-15-26(35)30(25)36)29(31(37)38-22)32(40)42-2)33(41)43-21-20-39-18-16-34(17-19-39,23-10-5-3-6-11-23)24-12-7-4-8-13-24/h3-15,28-29H,16-21H2,1-2H3,(H2,37,38)/t28-,29?/m1/s1. The minimum atomic E-state index is -1.06. The van der Waals surface area contributed by atoms with Crippen LogP contribution in [0.2, 0.25) is 10.0 Å². The molecule has 43 heavy (non-hydrogen) atoms. The maximum atomic E-state index is 13.6. The van der Waals surface area contributed by atoms with Crippen LogP contribution in [0.25, 0.3) is 0 Å². The highest BCUT2D eigenvalue weighted by Crippen LogP contribution is 2.44. The lowest BCUT2D eigenvalue weighted by atomic mass is 9.68. The summed E-state index contributed by atoms with van der Waals surface area (Å²) in [6.07, 6.45) is 1.90. The molecule has 0 radical (unpaired) electrons. The zero-order valence-electron chi connectivity index (χ0n) is 24.3. The van der Waals surface area contributed by atoms with Crippen molar-refractivity contribution in [3.05, 3.63) is 117 Å². The molecule has 0 bridgehead atoms. The Morgan fingerprint density at radius 3 is 2.14 bits per heavy atom. The van der Waals surface area contributed by atoms with Gasteiger partial charge in [0.05, 0.1) is 28.4 Å². The zero-order chi connectivity index (χ0) is 30.6.